The first-order valence-electron chi connectivity index (χ1n) is 43.1. The number of ether oxygens (including phenoxy) is 3. The number of esters is 3. The molecule has 0 aliphatic carbocycles. The number of carbonyl (C=O) groups excluding carboxylic acids is 3. The molecule has 0 aliphatic heterocycles. The molecule has 0 aliphatic rings. The first kappa shape index (κ1) is 106. The van der Waals surface area contributed by atoms with Gasteiger partial charge in [0, 0.05) is 19.3 Å². The molecule has 0 fully saturated rings. The van der Waals surface area contributed by atoms with E-state index in [1.165, 1.54) is 77.0 Å². The van der Waals surface area contributed by atoms with Crippen molar-refractivity contribution in [3.8, 4) is 0 Å². The maximum atomic E-state index is 13.0. The van der Waals surface area contributed by atoms with E-state index in [4.69, 9.17) is 32.3 Å². The number of hydrogen-bond donors (Lipinski definition) is 4. The minimum atomic E-state index is -4.95. The summed E-state index contributed by atoms with van der Waals surface area (Å²) in [5.74, 6) is -1.61. The van der Waals surface area contributed by atoms with Gasteiger partial charge in [-0.3, -0.25) is 32.5 Å². The second kappa shape index (κ2) is 84.1. The molecule has 0 bridgehead atoms. The molecular formula is C93H154O16P2. The molecule has 18 heteroatoms. The molecule has 16 nitrogen and oxygen atoms in total. The molecule has 0 spiro atoms. The second-order valence-corrected chi connectivity index (χ2v) is 31.1. The summed E-state index contributed by atoms with van der Waals surface area (Å²) >= 11 is 0. The number of aliphatic hydroxyl groups is 2. The standard InChI is InChI=1S/C93H154O16P2/c1-4-7-10-13-16-19-22-25-28-31-34-37-39-41-42-43-44-46-48-50-52-55-58-61-64-67-70-73-76-79-91(96)103-82-88(94)83-105-110(99,100)106-84-89(95)85-107-111(101,102)108-87-90(109-93(98)81-78-75-72-69-66-63-60-57-54-49-36-33-30-27-24-21-18-15-12-9-6-3)86-104-92(97)80-77-74-71-68-65-62-59-56-53-51-47-45-40-38-35-32-29-26-23-20-17-14-11-8-5-2/h7-8,10-11,16-21,25-30,34-38,41-42,44-47,49,57,60,88-90,94-95H,4-6,9,12-15,22-24,31-33,39-40,43,48,50-56,58-59,61-87H2,1-3H3,(H,99,100)(H,101,102)/b10-7-,11-8-,19-16-,20-17-,21-18-,28-25-,29-26-,30-27-,37-34-,38-35-,42-41-,46-44-,47-45-,49-36-,60-57-. The van der Waals surface area contributed by atoms with Gasteiger partial charge >= 0.3 is 33.6 Å². The lowest BCUT2D eigenvalue weighted by Gasteiger charge is -2.21. The molecule has 0 saturated carbocycles. The fourth-order valence-electron chi connectivity index (χ4n) is 11.1. The third-order valence-electron chi connectivity index (χ3n) is 17.6. The maximum absolute atomic E-state index is 13.0. The molecule has 5 unspecified atom stereocenters. The zero-order valence-electron chi connectivity index (χ0n) is 69.3. The van der Waals surface area contributed by atoms with Gasteiger partial charge in [0.1, 0.15) is 25.4 Å². The van der Waals surface area contributed by atoms with Crippen molar-refractivity contribution in [3.63, 3.8) is 0 Å². The predicted molar refractivity (Wildman–Crippen MR) is 463 cm³/mol. The lowest BCUT2D eigenvalue weighted by Crippen LogP contribution is -2.30. The van der Waals surface area contributed by atoms with E-state index in [0.29, 0.717) is 19.3 Å². The number of aliphatic hydroxyl groups excluding tert-OH is 2. The van der Waals surface area contributed by atoms with Crippen LogP contribution < -0.4 is 0 Å². The van der Waals surface area contributed by atoms with Crippen molar-refractivity contribution in [1.29, 1.82) is 0 Å². The Morgan fingerprint density at radius 3 is 0.757 bits per heavy atom. The van der Waals surface area contributed by atoms with Crippen LogP contribution in [0, 0.1) is 0 Å². The molecule has 111 heavy (non-hydrogen) atoms. The van der Waals surface area contributed by atoms with Crippen LogP contribution in [0.5, 0.6) is 0 Å². The van der Waals surface area contributed by atoms with Crippen molar-refractivity contribution >= 4 is 33.6 Å². The van der Waals surface area contributed by atoms with Crippen LogP contribution in [0.1, 0.15) is 329 Å². The summed E-state index contributed by atoms with van der Waals surface area (Å²) < 4.78 is 61.4. The molecule has 0 radical (unpaired) electrons. The maximum Gasteiger partial charge on any atom is 0.472 e. The SMILES string of the molecule is CC/C=C\C/C=C\C/C=C\C/C=C\C/C=C\C/C=C\CCCCCCCCCCCCC(=O)OCC(O)COP(=O)(O)OCC(O)COP(=O)(O)OCC(COC(=O)CCCCCCCCCCC/C=C\C/C=C\C/C=C\C/C=C\C/C=C\CC)OC(=O)CCCCCCC/C=C\C/C=C\C/C=C\C/C=C\CCCCC. The van der Waals surface area contributed by atoms with E-state index in [0.717, 1.165) is 193 Å². The topological polar surface area (TPSA) is 231 Å². The molecule has 0 rings (SSSR count). The Balaban J connectivity index is 4.67. The highest BCUT2D eigenvalue weighted by Crippen LogP contribution is 2.45. The molecule has 0 aromatic heterocycles. The average molecular weight is 1590 g/mol. The first-order valence-corrected chi connectivity index (χ1v) is 46.1. The van der Waals surface area contributed by atoms with E-state index in [9.17, 15) is 43.5 Å². The molecule has 0 amide bonds. The lowest BCUT2D eigenvalue weighted by atomic mass is 10.1. The van der Waals surface area contributed by atoms with Crippen LogP contribution in [0.2, 0.25) is 0 Å². The Morgan fingerprint density at radius 2 is 0.477 bits per heavy atom. The number of rotatable bonds is 80. The van der Waals surface area contributed by atoms with Crippen molar-refractivity contribution in [2.75, 3.05) is 39.6 Å². The Kier molecular flexibility index (Phi) is 80.0. The lowest BCUT2D eigenvalue weighted by molar-refractivity contribution is -0.161. The highest BCUT2D eigenvalue weighted by molar-refractivity contribution is 7.47. The van der Waals surface area contributed by atoms with Crippen molar-refractivity contribution < 1.29 is 75.8 Å². The Labute approximate surface area is 675 Å². The fourth-order valence-corrected chi connectivity index (χ4v) is 12.7. The molecule has 0 heterocycles. The molecule has 0 aromatic carbocycles. The molecular weight excluding hydrogens is 1430 g/mol. The highest BCUT2D eigenvalue weighted by atomic mass is 31.2. The number of carbonyl (C=O) groups is 3. The third-order valence-corrected chi connectivity index (χ3v) is 19.5. The van der Waals surface area contributed by atoms with E-state index in [1.807, 2.05) is 0 Å². The summed E-state index contributed by atoms with van der Waals surface area (Å²) in [5.41, 5.74) is 0. The normalized spacial score (nSPS) is 14.8. The van der Waals surface area contributed by atoms with Gasteiger partial charge < -0.3 is 34.2 Å². The number of unbranched alkanes of at least 4 members (excludes halogenated alkanes) is 27. The molecule has 4 N–H and O–H groups in total. The number of phosphoric acid groups is 2. The van der Waals surface area contributed by atoms with Gasteiger partial charge in [-0.1, -0.05) is 331 Å². The van der Waals surface area contributed by atoms with E-state index in [1.54, 1.807) is 0 Å². The van der Waals surface area contributed by atoms with E-state index < -0.39 is 91.5 Å². The van der Waals surface area contributed by atoms with Gasteiger partial charge in [0.25, 0.3) is 0 Å². The molecule has 5 atom stereocenters. The van der Waals surface area contributed by atoms with Gasteiger partial charge in [-0.2, -0.15) is 0 Å². The van der Waals surface area contributed by atoms with Crippen molar-refractivity contribution in [2.24, 2.45) is 0 Å². The van der Waals surface area contributed by atoms with Crippen molar-refractivity contribution in [1.82, 2.24) is 0 Å². The largest absolute Gasteiger partial charge is 0.472 e. The van der Waals surface area contributed by atoms with Crippen LogP contribution in [-0.4, -0.2) is 95.9 Å². The molecule has 632 valence electrons. The van der Waals surface area contributed by atoms with Crippen LogP contribution >= 0.6 is 15.6 Å². The van der Waals surface area contributed by atoms with Gasteiger partial charge in [-0.15, -0.1) is 0 Å². The summed E-state index contributed by atoms with van der Waals surface area (Å²) in [7, 11) is -9.82. The van der Waals surface area contributed by atoms with Crippen LogP contribution in [-0.2, 0) is 55.8 Å². The monoisotopic (exact) mass is 1590 g/mol. The van der Waals surface area contributed by atoms with Crippen LogP contribution in [0.4, 0.5) is 0 Å². The number of allylic oxidation sites excluding steroid dienone is 30. The number of phosphoric ester groups is 2. The average Bonchev–Trinajstić information content (AvgIpc) is 0.898. The summed E-state index contributed by atoms with van der Waals surface area (Å²) in [4.78, 5) is 58.9. The zero-order chi connectivity index (χ0) is 80.8. The zero-order valence-corrected chi connectivity index (χ0v) is 71.1. The minimum absolute atomic E-state index is 0.0763. The first-order chi connectivity index (χ1) is 54.2. The van der Waals surface area contributed by atoms with Crippen molar-refractivity contribution in [3.05, 3.63) is 182 Å². The Bertz CT molecular complexity index is 2750. The van der Waals surface area contributed by atoms with E-state index in [-0.39, 0.29) is 19.3 Å². The smallest absolute Gasteiger partial charge is 0.463 e. The van der Waals surface area contributed by atoms with Gasteiger partial charge in [-0.25, -0.2) is 9.13 Å². The van der Waals surface area contributed by atoms with Gasteiger partial charge in [-0.05, 0) is 161 Å². The third kappa shape index (κ3) is 85.4. The highest BCUT2D eigenvalue weighted by Gasteiger charge is 2.29. The number of hydrogen-bond acceptors (Lipinski definition) is 14. The van der Waals surface area contributed by atoms with E-state index in [2.05, 4.69) is 203 Å². The Hall–Kier alpha value is -5.35. The molecule has 0 aromatic rings. The van der Waals surface area contributed by atoms with Crippen LogP contribution in [0.25, 0.3) is 0 Å². The van der Waals surface area contributed by atoms with Gasteiger partial charge in [0.2, 0.25) is 0 Å². The fraction of sp³-hybridized carbons (Fsp3) is 0.645. The minimum Gasteiger partial charge on any atom is -0.463 e. The van der Waals surface area contributed by atoms with Crippen molar-refractivity contribution in [2.45, 2.75) is 347 Å². The molecule has 0 saturated heterocycles. The Morgan fingerprint density at radius 1 is 0.261 bits per heavy atom. The summed E-state index contributed by atoms with van der Waals surface area (Å²) in [6, 6.07) is 0. The summed E-state index contributed by atoms with van der Waals surface area (Å²) in [5, 5.41) is 20.7. The second-order valence-electron chi connectivity index (χ2n) is 28.2. The van der Waals surface area contributed by atoms with Crippen LogP contribution in [0.15, 0.2) is 182 Å². The summed E-state index contributed by atoms with van der Waals surface area (Å²) in [6.07, 6.45) is 109. The van der Waals surface area contributed by atoms with Gasteiger partial charge in [0.05, 0.1) is 26.4 Å². The summed E-state index contributed by atoms with van der Waals surface area (Å²) in [6.45, 7) is 2.40. The van der Waals surface area contributed by atoms with Crippen LogP contribution in [0.3, 0.4) is 0 Å². The predicted octanol–water partition coefficient (Wildman–Crippen LogP) is 26.1. The van der Waals surface area contributed by atoms with Gasteiger partial charge in [0.15, 0.2) is 6.10 Å². The van der Waals surface area contributed by atoms with E-state index >= 15 is 0 Å². The quantitative estimate of drug-likeness (QED) is 0.0146.